The third kappa shape index (κ3) is 3.09. The minimum Gasteiger partial charge on any atom is -0.396 e. The topological polar surface area (TPSA) is 29.5 Å². The van der Waals surface area contributed by atoms with Crippen LogP contribution in [0.5, 0.6) is 0 Å². The van der Waals surface area contributed by atoms with E-state index in [1.165, 1.54) is 64.2 Å². The zero-order chi connectivity index (χ0) is 22.2. The zero-order valence-electron chi connectivity index (χ0n) is 21.3. The molecule has 0 amide bonds. The van der Waals surface area contributed by atoms with E-state index in [-0.39, 0.29) is 0 Å². The Morgan fingerprint density at radius 3 is 2.39 bits per heavy atom. The molecule has 1 spiro atoms. The van der Waals surface area contributed by atoms with Crippen molar-refractivity contribution in [3.63, 3.8) is 0 Å². The second kappa shape index (κ2) is 7.72. The molecule has 0 saturated heterocycles. The van der Waals surface area contributed by atoms with E-state index in [9.17, 15) is 5.11 Å². The molecule has 5 aliphatic carbocycles. The van der Waals surface area contributed by atoms with E-state index in [2.05, 4.69) is 34.6 Å². The molecule has 31 heavy (non-hydrogen) atoms. The molecule has 5 aliphatic rings. The van der Waals surface area contributed by atoms with Gasteiger partial charge in [0.1, 0.15) is 0 Å². The molecular weight excluding hydrogens is 380 g/mol. The fourth-order valence-corrected chi connectivity index (χ4v) is 11.2. The SMILES string of the molecule is CO[C@@H]1C[C@H]2[C@@H]3CC[C@H]([C@H](C)C[C@@H](CO)CC(C)C)[C@@]3(C)CC[C@@H]2[C@@]2(C)CC[C@@H]3C[C@]312. The van der Waals surface area contributed by atoms with Gasteiger partial charge in [0.15, 0.2) is 0 Å². The van der Waals surface area contributed by atoms with Gasteiger partial charge in [-0.15, -0.1) is 0 Å². The Morgan fingerprint density at radius 2 is 1.74 bits per heavy atom. The molecule has 0 heterocycles. The Hall–Kier alpha value is -0.0800. The van der Waals surface area contributed by atoms with Crippen LogP contribution in [0.1, 0.15) is 98.8 Å². The molecule has 1 N–H and O–H groups in total. The minimum absolute atomic E-state index is 0.372. The van der Waals surface area contributed by atoms with Crippen LogP contribution in [0.25, 0.3) is 0 Å². The van der Waals surface area contributed by atoms with E-state index in [1.54, 1.807) is 0 Å². The number of ether oxygens (including phenoxy) is 1. The Bertz CT molecular complexity index is 674. The average Bonchev–Trinajstić information content (AvgIpc) is 3.23. The largest absolute Gasteiger partial charge is 0.396 e. The van der Waals surface area contributed by atoms with Crippen LogP contribution < -0.4 is 0 Å². The van der Waals surface area contributed by atoms with Crippen LogP contribution in [0.4, 0.5) is 0 Å². The van der Waals surface area contributed by atoms with Crippen molar-refractivity contribution in [2.75, 3.05) is 13.7 Å². The van der Waals surface area contributed by atoms with Gasteiger partial charge in [0.25, 0.3) is 0 Å². The third-order valence-corrected chi connectivity index (χ3v) is 12.4. The highest BCUT2D eigenvalue weighted by Gasteiger charge is 2.77. The summed E-state index contributed by atoms with van der Waals surface area (Å²) in [6, 6.07) is 0. The molecule has 11 atom stereocenters. The van der Waals surface area contributed by atoms with Gasteiger partial charge < -0.3 is 9.84 Å². The first-order chi connectivity index (χ1) is 14.7. The molecular formula is C29H50O2. The monoisotopic (exact) mass is 430 g/mol. The molecule has 0 aliphatic heterocycles. The van der Waals surface area contributed by atoms with Crippen LogP contribution in [-0.4, -0.2) is 24.9 Å². The molecule has 0 aromatic rings. The summed E-state index contributed by atoms with van der Waals surface area (Å²) in [7, 11) is 2.01. The molecule has 2 nitrogen and oxygen atoms in total. The van der Waals surface area contributed by atoms with Crippen LogP contribution in [0.2, 0.25) is 0 Å². The molecule has 0 bridgehead atoms. The van der Waals surface area contributed by atoms with Gasteiger partial charge in [-0.2, -0.15) is 0 Å². The van der Waals surface area contributed by atoms with Gasteiger partial charge in [0.05, 0.1) is 6.10 Å². The highest BCUT2D eigenvalue weighted by Crippen LogP contribution is 2.82. The van der Waals surface area contributed by atoms with Gasteiger partial charge in [-0.05, 0) is 122 Å². The summed E-state index contributed by atoms with van der Waals surface area (Å²) in [6.45, 7) is 12.9. The first-order valence-electron chi connectivity index (χ1n) is 13.8. The van der Waals surface area contributed by atoms with Crippen LogP contribution in [-0.2, 0) is 4.74 Å². The lowest BCUT2D eigenvalue weighted by Gasteiger charge is -2.61. The molecule has 0 radical (unpaired) electrons. The number of hydrogen-bond acceptors (Lipinski definition) is 2. The Morgan fingerprint density at radius 1 is 0.968 bits per heavy atom. The van der Waals surface area contributed by atoms with Crippen LogP contribution in [0.15, 0.2) is 0 Å². The number of rotatable bonds is 7. The second-order valence-corrected chi connectivity index (χ2v) is 13.9. The smallest absolute Gasteiger partial charge is 0.0638 e. The minimum atomic E-state index is 0.372. The number of aliphatic hydroxyl groups is 1. The van der Waals surface area contributed by atoms with Crippen molar-refractivity contribution in [1.82, 2.24) is 0 Å². The summed E-state index contributed by atoms with van der Waals surface area (Å²) in [6.07, 6.45) is 14.5. The molecule has 0 aromatic heterocycles. The Kier molecular flexibility index (Phi) is 5.66. The van der Waals surface area contributed by atoms with Gasteiger partial charge in [0, 0.05) is 19.1 Å². The van der Waals surface area contributed by atoms with E-state index in [1.807, 2.05) is 7.11 Å². The van der Waals surface area contributed by atoms with Crippen molar-refractivity contribution in [1.29, 1.82) is 0 Å². The number of fused-ring (bicyclic) bond motifs is 4. The van der Waals surface area contributed by atoms with Gasteiger partial charge in [-0.1, -0.05) is 34.6 Å². The van der Waals surface area contributed by atoms with Crippen molar-refractivity contribution in [3.05, 3.63) is 0 Å². The maximum Gasteiger partial charge on any atom is 0.0638 e. The predicted molar refractivity (Wildman–Crippen MR) is 128 cm³/mol. The lowest BCUT2D eigenvalue weighted by atomic mass is 9.45. The number of methoxy groups -OCH3 is 1. The van der Waals surface area contributed by atoms with Crippen LogP contribution in [0, 0.1) is 63.6 Å². The fraction of sp³-hybridized carbons (Fsp3) is 1.00. The molecule has 2 heteroatoms. The lowest BCUT2D eigenvalue weighted by Crippen LogP contribution is -2.57. The molecule has 0 aromatic carbocycles. The highest BCUT2D eigenvalue weighted by atomic mass is 16.5. The van der Waals surface area contributed by atoms with Crippen molar-refractivity contribution in [2.24, 2.45) is 63.6 Å². The second-order valence-electron chi connectivity index (χ2n) is 13.9. The van der Waals surface area contributed by atoms with E-state index < -0.39 is 0 Å². The van der Waals surface area contributed by atoms with Crippen molar-refractivity contribution in [3.8, 4) is 0 Å². The van der Waals surface area contributed by atoms with Crippen molar-refractivity contribution in [2.45, 2.75) is 105 Å². The highest BCUT2D eigenvalue weighted by molar-refractivity contribution is 5.26. The van der Waals surface area contributed by atoms with Crippen LogP contribution >= 0.6 is 0 Å². The average molecular weight is 431 g/mol. The van der Waals surface area contributed by atoms with E-state index in [4.69, 9.17) is 4.74 Å². The quantitative estimate of drug-likeness (QED) is 0.473. The molecule has 5 rings (SSSR count). The van der Waals surface area contributed by atoms with Crippen molar-refractivity contribution < 1.29 is 9.84 Å². The summed E-state index contributed by atoms with van der Waals surface area (Å²) in [5, 5.41) is 10.0. The van der Waals surface area contributed by atoms with Gasteiger partial charge in [0.2, 0.25) is 0 Å². The lowest BCUT2D eigenvalue weighted by molar-refractivity contribution is -0.161. The summed E-state index contributed by atoms with van der Waals surface area (Å²) in [5.41, 5.74) is 1.61. The molecule has 0 unspecified atom stereocenters. The molecule has 5 fully saturated rings. The van der Waals surface area contributed by atoms with Crippen molar-refractivity contribution >= 4 is 0 Å². The first kappa shape index (κ1) is 22.7. The molecule has 178 valence electrons. The Balaban J connectivity index is 1.35. The Labute approximate surface area is 192 Å². The number of hydrogen-bond donors (Lipinski definition) is 1. The maximum absolute atomic E-state index is 10.0. The predicted octanol–water partition coefficient (Wildman–Crippen LogP) is 6.95. The first-order valence-corrected chi connectivity index (χ1v) is 13.8. The van der Waals surface area contributed by atoms with Gasteiger partial charge in [-0.3, -0.25) is 0 Å². The van der Waals surface area contributed by atoms with Crippen LogP contribution in [0.3, 0.4) is 0 Å². The van der Waals surface area contributed by atoms with Gasteiger partial charge >= 0.3 is 0 Å². The maximum atomic E-state index is 10.0. The summed E-state index contributed by atoms with van der Waals surface area (Å²) in [5.74, 6) is 6.48. The van der Waals surface area contributed by atoms with E-state index >= 15 is 0 Å². The summed E-state index contributed by atoms with van der Waals surface area (Å²) >= 11 is 0. The normalized spacial score (nSPS) is 52.3. The van der Waals surface area contributed by atoms with E-state index in [0.717, 1.165) is 35.5 Å². The molecule has 5 saturated carbocycles. The van der Waals surface area contributed by atoms with E-state index in [0.29, 0.717) is 40.8 Å². The summed E-state index contributed by atoms with van der Waals surface area (Å²) in [4.78, 5) is 0. The van der Waals surface area contributed by atoms with Gasteiger partial charge in [-0.25, -0.2) is 0 Å². The third-order valence-electron chi connectivity index (χ3n) is 12.4. The zero-order valence-corrected chi connectivity index (χ0v) is 21.3. The summed E-state index contributed by atoms with van der Waals surface area (Å²) < 4.78 is 6.30. The fourth-order valence-electron chi connectivity index (χ4n) is 11.2. The number of aliphatic hydroxyl groups excluding tert-OH is 1. The standard InChI is InChI=1S/C29H50O2/c1-18(2)13-20(17-30)14-19(3)23-7-8-24-22-15-26(31-6)29-16-21(29)9-12-28(29,5)25(22)10-11-27(23,24)4/h18-26,30H,7-17H2,1-6H3/t19-,20+,21-,22+,23-,24+,25+,26-,27-,28-,29+/m1/s1.